The molecule has 0 amide bonds. The van der Waals surface area contributed by atoms with Crippen LogP contribution in [0.15, 0.2) is 0 Å². The van der Waals surface area contributed by atoms with E-state index in [1.807, 2.05) is 11.8 Å². The SMILES string of the molecule is C.CC(N)CCC1CCC2C3CCC4CCCCC4(C)C3CCC12C.CCSC. The summed E-state index contributed by atoms with van der Waals surface area (Å²) in [7, 11) is 0. The standard InChI is InChI=1S/C23H41N.C3H8S.CH4/c1-16(24)7-8-18-10-12-20-19-11-9-17-6-4-5-14-22(17,2)21(19)13-15-23(18,20)3;1-3-4-2;/h16-21H,4-15,24H2,1-3H3;3H2,1-2H3;1H4. The van der Waals surface area contributed by atoms with Crippen molar-refractivity contribution in [3.05, 3.63) is 0 Å². The van der Waals surface area contributed by atoms with Crippen molar-refractivity contribution in [1.29, 1.82) is 0 Å². The second-order valence-corrected chi connectivity index (χ2v) is 12.5. The Morgan fingerprint density at radius 2 is 1.62 bits per heavy atom. The van der Waals surface area contributed by atoms with Crippen LogP contribution < -0.4 is 5.73 Å². The molecule has 4 saturated carbocycles. The topological polar surface area (TPSA) is 26.0 Å². The average molecular weight is 424 g/mol. The summed E-state index contributed by atoms with van der Waals surface area (Å²) in [5.41, 5.74) is 7.43. The molecule has 0 aromatic rings. The van der Waals surface area contributed by atoms with E-state index in [-0.39, 0.29) is 7.43 Å². The summed E-state index contributed by atoms with van der Waals surface area (Å²) in [5, 5.41) is 0. The molecule has 8 atom stereocenters. The minimum absolute atomic E-state index is 0. The van der Waals surface area contributed by atoms with Crippen LogP contribution in [0.5, 0.6) is 0 Å². The van der Waals surface area contributed by atoms with Gasteiger partial charge >= 0.3 is 0 Å². The van der Waals surface area contributed by atoms with Gasteiger partial charge in [0.2, 0.25) is 0 Å². The van der Waals surface area contributed by atoms with E-state index in [1.54, 1.807) is 25.7 Å². The highest BCUT2D eigenvalue weighted by Crippen LogP contribution is 2.67. The molecule has 0 spiro atoms. The Hall–Kier alpha value is 0.310. The summed E-state index contributed by atoms with van der Waals surface area (Å²) in [6.07, 6.45) is 20.0. The van der Waals surface area contributed by atoms with Crippen molar-refractivity contribution in [2.24, 2.45) is 46.2 Å². The van der Waals surface area contributed by atoms with Crippen molar-refractivity contribution in [2.45, 2.75) is 118 Å². The molecule has 29 heavy (non-hydrogen) atoms. The smallest absolute Gasteiger partial charge is 0.00105 e. The zero-order chi connectivity index (χ0) is 20.4. The van der Waals surface area contributed by atoms with Crippen molar-refractivity contribution in [3.8, 4) is 0 Å². The first-order valence-corrected chi connectivity index (χ1v) is 14.0. The monoisotopic (exact) mass is 423 g/mol. The Kier molecular flexibility index (Phi) is 9.48. The zero-order valence-electron chi connectivity index (χ0n) is 19.6. The predicted molar refractivity (Wildman–Crippen MR) is 134 cm³/mol. The van der Waals surface area contributed by atoms with E-state index in [9.17, 15) is 0 Å². The van der Waals surface area contributed by atoms with Crippen LogP contribution in [0.25, 0.3) is 0 Å². The molecule has 0 aromatic carbocycles. The molecule has 1 nitrogen and oxygen atoms in total. The molecule has 0 bridgehead atoms. The fourth-order valence-corrected chi connectivity index (χ4v) is 8.34. The highest BCUT2D eigenvalue weighted by molar-refractivity contribution is 7.98. The van der Waals surface area contributed by atoms with Gasteiger partial charge in [-0.25, -0.2) is 0 Å². The normalized spacial score (nSPS) is 44.3. The van der Waals surface area contributed by atoms with Crippen molar-refractivity contribution >= 4 is 11.8 Å². The van der Waals surface area contributed by atoms with Crippen LogP contribution in [0.4, 0.5) is 0 Å². The Morgan fingerprint density at radius 3 is 2.28 bits per heavy atom. The number of hydrogen-bond acceptors (Lipinski definition) is 2. The van der Waals surface area contributed by atoms with Gasteiger partial charge in [-0.1, -0.05) is 41.0 Å². The van der Waals surface area contributed by atoms with E-state index < -0.39 is 0 Å². The maximum absolute atomic E-state index is 6.08. The Balaban J connectivity index is 0.000000552. The van der Waals surface area contributed by atoms with E-state index in [4.69, 9.17) is 5.73 Å². The zero-order valence-corrected chi connectivity index (χ0v) is 20.5. The van der Waals surface area contributed by atoms with Crippen LogP contribution >= 0.6 is 11.8 Å². The van der Waals surface area contributed by atoms with Crippen LogP contribution in [-0.2, 0) is 0 Å². The number of fused-ring (bicyclic) bond motifs is 5. The maximum atomic E-state index is 6.08. The molecular weight excluding hydrogens is 370 g/mol. The molecule has 0 heterocycles. The lowest BCUT2D eigenvalue weighted by molar-refractivity contribution is -0.111. The van der Waals surface area contributed by atoms with E-state index in [0.29, 0.717) is 16.9 Å². The highest BCUT2D eigenvalue weighted by Gasteiger charge is 2.59. The molecule has 4 fully saturated rings. The fraction of sp³-hybridized carbons (Fsp3) is 1.00. The Bertz CT molecular complexity index is 489. The van der Waals surface area contributed by atoms with Crippen LogP contribution in [0, 0.1) is 40.4 Å². The first-order chi connectivity index (χ1) is 13.4. The maximum Gasteiger partial charge on any atom is 0.00105 e. The van der Waals surface area contributed by atoms with Gasteiger partial charge in [-0.15, -0.1) is 0 Å². The minimum Gasteiger partial charge on any atom is -0.328 e. The second-order valence-electron chi connectivity index (χ2n) is 11.4. The summed E-state index contributed by atoms with van der Waals surface area (Å²) in [6, 6.07) is 0.389. The molecule has 4 aliphatic rings. The first kappa shape index (κ1) is 25.6. The highest BCUT2D eigenvalue weighted by atomic mass is 32.2. The third-order valence-electron chi connectivity index (χ3n) is 10.0. The lowest BCUT2D eigenvalue weighted by Gasteiger charge is -2.60. The van der Waals surface area contributed by atoms with E-state index in [0.717, 1.165) is 29.6 Å². The van der Waals surface area contributed by atoms with Gasteiger partial charge in [-0.05, 0) is 124 Å². The van der Waals surface area contributed by atoms with Crippen LogP contribution in [0.1, 0.15) is 112 Å². The lowest BCUT2D eigenvalue weighted by atomic mass is 9.45. The third-order valence-corrected chi connectivity index (χ3v) is 10.6. The minimum atomic E-state index is 0. The molecule has 0 aromatic heterocycles. The number of rotatable bonds is 4. The lowest BCUT2D eigenvalue weighted by Crippen LogP contribution is -2.52. The fourth-order valence-electron chi connectivity index (χ4n) is 8.34. The van der Waals surface area contributed by atoms with E-state index in [2.05, 4.69) is 34.0 Å². The molecule has 2 N–H and O–H groups in total. The number of thioether (sulfide) groups is 1. The third kappa shape index (κ3) is 5.05. The van der Waals surface area contributed by atoms with Gasteiger partial charge in [-0.2, -0.15) is 11.8 Å². The van der Waals surface area contributed by atoms with Crippen molar-refractivity contribution in [3.63, 3.8) is 0 Å². The Labute approximate surface area is 188 Å². The molecule has 0 aliphatic heterocycles. The van der Waals surface area contributed by atoms with Gasteiger partial charge in [-0.3, -0.25) is 0 Å². The molecule has 0 radical (unpaired) electrons. The second kappa shape index (κ2) is 10.8. The first-order valence-electron chi connectivity index (χ1n) is 12.6. The number of hydrogen-bond donors (Lipinski definition) is 1. The van der Waals surface area contributed by atoms with Gasteiger partial charge in [0, 0.05) is 6.04 Å². The summed E-state index contributed by atoms with van der Waals surface area (Å²) in [4.78, 5) is 0. The van der Waals surface area contributed by atoms with Crippen LogP contribution in [-0.4, -0.2) is 18.1 Å². The molecular formula is C27H53NS. The van der Waals surface area contributed by atoms with Gasteiger partial charge in [0.15, 0.2) is 0 Å². The molecule has 4 rings (SSSR count). The summed E-state index contributed by atoms with van der Waals surface area (Å²) < 4.78 is 0. The molecule has 8 unspecified atom stereocenters. The van der Waals surface area contributed by atoms with Crippen molar-refractivity contribution in [2.75, 3.05) is 12.0 Å². The summed E-state index contributed by atoms with van der Waals surface area (Å²) in [6.45, 7) is 9.72. The predicted octanol–water partition coefficient (Wildman–Crippen LogP) is 8.17. The van der Waals surface area contributed by atoms with Crippen molar-refractivity contribution in [1.82, 2.24) is 0 Å². The van der Waals surface area contributed by atoms with E-state index in [1.165, 1.54) is 57.1 Å². The molecule has 2 heteroatoms. The van der Waals surface area contributed by atoms with Gasteiger partial charge < -0.3 is 5.73 Å². The molecule has 4 aliphatic carbocycles. The largest absolute Gasteiger partial charge is 0.328 e. The van der Waals surface area contributed by atoms with Gasteiger partial charge in [0.1, 0.15) is 0 Å². The number of nitrogens with two attached hydrogens (primary N) is 1. The average Bonchev–Trinajstić information content (AvgIpc) is 3.02. The molecule has 0 saturated heterocycles. The van der Waals surface area contributed by atoms with Crippen LogP contribution in [0.3, 0.4) is 0 Å². The van der Waals surface area contributed by atoms with Gasteiger partial charge in [0.05, 0.1) is 0 Å². The van der Waals surface area contributed by atoms with E-state index >= 15 is 0 Å². The summed E-state index contributed by atoms with van der Waals surface area (Å²) >= 11 is 1.86. The van der Waals surface area contributed by atoms with Crippen LogP contribution in [0.2, 0.25) is 0 Å². The molecule has 172 valence electrons. The quantitative estimate of drug-likeness (QED) is 0.493. The Morgan fingerprint density at radius 1 is 0.931 bits per heavy atom. The summed E-state index contributed by atoms with van der Waals surface area (Å²) in [5.74, 6) is 6.41. The van der Waals surface area contributed by atoms with Gasteiger partial charge in [0.25, 0.3) is 0 Å². The van der Waals surface area contributed by atoms with Crippen molar-refractivity contribution < 1.29 is 0 Å².